The van der Waals surface area contributed by atoms with Crippen LogP contribution in [0.5, 0.6) is 0 Å². The summed E-state index contributed by atoms with van der Waals surface area (Å²) < 4.78 is 0. The Balaban J connectivity index is 1.48. The Hall–Kier alpha value is -0.570. The molecule has 1 heterocycles. The molecule has 1 unspecified atom stereocenters. The number of hydrogen-bond acceptors (Lipinski definition) is 2. The van der Waals surface area contributed by atoms with Crippen LogP contribution >= 0.6 is 0 Å². The second-order valence-corrected chi connectivity index (χ2v) is 7.03. The summed E-state index contributed by atoms with van der Waals surface area (Å²) >= 11 is 0. The van der Waals surface area contributed by atoms with E-state index in [1.807, 2.05) is 0 Å². The van der Waals surface area contributed by atoms with Gasteiger partial charge in [0.05, 0.1) is 12.7 Å². The normalized spacial score (nSPS) is 35.4. The Morgan fingerprint density at radius 2 is 1.89 bits per heavy atom. The van der Waals surface area contributed by atoms with E-state index in [2.05, 4.69) is 10.2 Å². The maximum atomic E-state index is 12.2. The predicted octanol–water partition coefficient (Wildman–Crippen LogP) is 2.12. The van der Waals surface area contributed by atoms with Crippen molar-refractivity contribution in [2.75, 3.05) is 13.1 Å². The SMILES string of the molecule is O=C1CNC(C2CCCC2)N1CC1(C2CC2)CC1. The fraction of sp³-hybridized carbons (Fsp3) is 0.933. The summed E-state index contributed by atoms with van der Waals surface area (Å²) in [5.41, 5.74) is 0.554. The van der Waals surface area contributed by atoms with E-state index in [1.165, 1.54) is 51.4 Å². The first-order valence-electron chi connectivity index (χ1n) is 7.81. The number of hydrogen-bond donors (Lipinski definition) is 1. The Morgan fingerprint density at radius 1 is 1.17 bits per heavy atom. The fourth-order valence-electron chi connectivity index (χ4n) is 4.33. The van der Waals surface area contributed by atoms with E-state index in [1.54, 1.807) is 0 Å². The Bertz CT molecular complexity index is 354. The molecule has 4 aliphatic rings. The van der Waals surface area contributed by atoms with Gasteiger partial charge in [-0.25, -0.2) is 0 Å². The Labute approximate surface area is 109 Å². The van der Waals surface area contributed by atoms with Crippen molar-refractivity contribution in [2.24, 2.45) is 17.3 Å². The molecular weight excluding hydrogens is 224 g/mol. The lowest BCUT2D eigenvalue weighted by Gasteiger charge is -2.32. The van der Waals surface area contributed by atoms with Gasteiger partial charge in [0.2, 0.25) is 5.91 Å². The van der Waals surface area contributed by atoms with E-state index in [0.29, 0.717) is 24.0 Å². The van der Waals surface area contributed by atoms with E-state index in [-0.39, 0.29) is 0 Å². The van der Waals surface area contributed by atoms with Gasteiger partial charge in [-0.2, -0.15) is 0 Å². The van der Waals surface area contributed by atoms with Crippen LogP contribution in [0.25, 0.3) is 0 Å². The lowest BCUT2D eigenvalue weighted by Crippen LogP contribution is -2.45. The van der Waals surface area contributed by atoms with E-state index in [4.69, 9.17) is 0 Å². The number of carbonyl (C=O) groups is 1. The highest BCUT2D eigenvalue weighted by molar-refractivity contribution is 5.80. The van der Waals surface area contributed by atoms with E-state index < -0.39 is 0 Å². The Kier molecular flexibility index (Phi) is 2.48. The molecule has 1 N–H and O–H groups in total. The first kappa shape index (κ1) is 11.3. The number of nitrogens with one attached hydrogen (secondary N) is 1. The molecule has 3 heteroatoms. The molecule has 1 saturated heterocycles. The monoisotopic (exact) mass is 248 g/mol. The number of rotatable bonds is 4. The highest BCUT2D eigenvalue weighted by atomic mass is 16.2. The lowest BCUT2D eigenvalue weighted by atomic mass is 9.97. The third kappa shape index (κ3) is 1.78. The van der Waals surface area contributed by atoms with Crippen LogP contribution in [-0.2, 0) is 4.79 Å². The molecule has 3 nitrogen and oxygen atoms in total. The summed E-state index contributed by atoms with van der Waals surface area (Å²) in [7, 11) is 0. The highest BCUT2D eigenvalue weighted by Gasteiger charge is 2.56. The molecule has 0 spiro atoms. The van der Waals surface area contributed by atoms with Gasteiger partial charge < -0.3 is 4.90 Å². The van der Waals surface area contributed by atoms with Crippen LogP contribution in [0, 0.1) is 17.3 Å². The molecule has 0 aromatic heterocycles. The summed E-state index contributed by atoms with van der Waals surface area (Å²) in [5.74, 6) is 2.04. The van der Waals surface area contributed by atoms with Crippen LogP contribution in [0.3, 0.4) is 0 Å². The van der Waals surface area contributed by atoms with Crippen molar-refractivity contribution in [1.29, 1.82) is 0 Å². The highest BCUT2D eigenvalue weighted by Crippen LogP contribution is 2.61. The number of carbonyl (C=O) groups excluding carboxylic acids is 1. The molecule has 0 radical (unpaired) electrons. The zero-order valence-corrected chi connectivity index (χ0v) is 11.2. The average Bonchev–Trinajstić information content (AvgIpc) is 3.25. The third-order valence-electron chi connectivity index (χ3n) is 5.79. The smallest absolute Gasteiger partial charge is 0.237 e. The average molecular weight is 248 g/mol. The number of nitrogens with zero attached hydrogens (tertiary/aromatic N) is 1. The van der Waals surface area contributed by atoms with Crippen LogP contribution in [0.1, 0.15) is 51.4 Å². The molecule has 0 aromatic carbocycles. The molecule has 1 atom stereocenters. The van der Waals surface area contributed by atoms with Gasteiger partial charge in [0.1, 0.15) is 0 Å². The molecule has 0 aromatic rings. The molecule has 0 bridgehead atoms. The van der Waals surface area contributed by atoms with Crippen molar-refractivity contribution in [2.45, 2.75) is 57.5 Å². The van der Waals surface area contributed by atoms with E-state index in [9.17, 15) is 4.79 Å². The van der Waals surface area contributed by atoms with Gasteiger partial charge in [-0.1, -0.05) is 12.8 Å². The fourth-order valence-corrected chi connectivity index (χ4v) is 4.33. The van der Waals surface area contributed by atoms with Crippen molar-refractivity contribution in [3.05, 3.63) is 0 Å². The van der Waals surface area contributed by atoms with Crippen LogP contribution in [0.2, 0.25) is 0 Å². The Morgan fingerprint density at radius 3 is 2.50 bits per heavy atom. The van der Waals surface area contributed by atoms with Crippen molar-refractivity contribution in [3.63, 3.8) is 0 Å². The molecule has 4 rings (SSSR count). The quantitative estimate of drug-likeness (QED) is 0.826. The molecule has 1 aliphatic heterocycles. The molecule has 18 heavy (non-hydrogen) atoms. The van der Waals surface area contributed by atoms with Gasteiger partial charge >= 0.3 is 0 Å². The summed E-state index contributed by atoms with van der Waals surface area (Å²) in [4.78, 5) is 14.4. The predicted molar refractivity (Wildman–Crippen MR) is 69.9 cm³/mol. The van der Waals surface area contributed by atoms with E-state index in [0.717, 1.165) is 18.4 Å². The van der Waals surface area contributed by atoms with Gasteiger partial charge in [0.15, 0.2) is 0 Å². The lowest BCUT2D eigenvalue weighted by molar-refractivity contribution is -0.129. The first-order valence-corrected chi connectivity index (χ1v) is 7.81. The van der Waals surface area contributed by atoms with Crippen molar-refractivity contribution < 1.29 is 4.79 Å². The standard InChI is InChI=1S/C15H24N2O/c18-13-9-16-14(11-3-1-2-4-11)17(13)10-15(7-8-15)12-5-6-12/h11-12,14,16H,1-10H2. The van der Waals surface area contributed by atoms with E-state index >= 15 is 0 Å². The summed E-state index contributed by atoms with van der Waals surface area (Å²) in [6.45, 7) is 1.65. The minimum absolute atomic E-state index is 0.360. The zero-order chi connectivity index (χ0) is 12.2. The van der Waals surface area contributed by atoms with Gasteiger partial charge in [0, 0.05) is 6.54 Å². The van der Waals surface area contributed by atoms with Crippen LogP contribution < -0.4 is 5.32 Å². The van der Waals surface area contributed by atoms with Crippen molar-refractivity contribution in [1.82, 2.24) is 10.2 Å². The molecule has 3 aliphatic carbocycles. The summed E-state index contributed by atoms with van der Waals surface area (Å²) in [5, 5.41) is 3.48. The largest absolute Gasteiger partial charge is 0.325 e. The molecule has 3 saturated carbocycles. The summed E-state index contributed by atoms with van der Waals surface area (Å²) in [6.07, 6.45) is 11.3. The molecule has 100 valence electrons. The van der Waals surface area contributed by atoms with Crippen molar-refractivity contribution in [3.8, 4) is 0 Å². The third-order valence-corrected chi connectivity index (χ3v) is 5.79. The maximum absolute atomic E-state index is 12.2. The topological polar surface area (TPSA) is 32.3 Å². The van der Waals surface area contributed by atoms with Crippen LogP contribution in [0.15, 0.2) is 0 Å². The zero-order valence-electron chi connectivity index (χ0n) is 11.2. The van der Waals surface area contributed by atoms with Crippen LogP contribution in [-0.4, -0.2) is 30.1 Å². The molecule has 4 fully saturated rings. The van der Waals surface area contributed by atoms with Gasteiger partial charge in [0.25, 0.3) is 0 Å². The van der Waals surface area contributed by atoms with Crippen LogP contribution in [0.4, 0.5) is 0 Å². The summed E-state index contributed by atoms with van der Waals surface area (Å²) in [6, 6.07) is 0. The number of amides is 1. The van der Waals surface area contributed by atoms with Gasteiger partial charge in [-0.3, -0.25) is 10.1 Å². The first-order chi connectivity index (χ1) is 8.78. The van der Waals surface area contributed by atoms with Crippen molar-refractivity contribution >= 4 is 5.91 Å². The minimum atomic E-state index is 0.360. The molecule has 1 amide bonds. The second-order valence-electron chi connectivity index (χ2n) is 7.03. The van der Waals surface area contributed by atoms with Gasteiger partial charge in [-0.05, 0) is 55.8 Å². The minimum Gasteiger partial charge on any atom is -0.325 e. The second kappa shape index (κ2) is 3.96. The molecular formula is C15H24N2O. The van der Waals surface area contributed by atoms with Gasteiger partial charge in [-0.15, -0.1) is 0 Å². The maximum Gasteiger partial charge on any atom is 0.237 e.